The SMILES string of the molecule is OCc1cncc(-n2nnc(-c3ccccc3)n2)n1. The van der Waals surface area contributed by atoms with Crippen molar-refractivity contribution in [3.8, 4) is 17.2 Å². The minimum Gasteiger partial charge on any atom is -0.390 e. The first-order valence-corrected chi connectivity index (χ1v) is 5.64. The van der Waals surface area contributed by atoms with Crippen LogP contribution in [-0.4, -0.2) is 35.3 Å². The number of aliphatic hydroxyl groups excluding tert-OH is 1. The molecule has 0 aliphatic carbocycles. The molecule has 0 amide bonds. The molecule has 3 rings (SSSR count). The van der Waals surface area contributed by atoms with Crippen LogP contribution in [0.25, 0.3) is 17.2 Å². The number of hydrogen-bond donors (Lipinski definition) is 1. The van der Waals surface area contributed by atoms with Crippen LogP contribution < -0.4 is 0 Å². The topological polar surface area (TPSA) is 89.6 Å². The molecule has 0 aliphatic heterocycles. The van der Waals surface area contributed by atoms with Crippen molar-refractivity contribution >= 4 is 0 Å². The molecule has 0 unspecified atom stereocenters. The van der Waals surface area contributed by atoms with E-state index < -0.39 is 0 Å². The molecule has 19 heavy (non-hydrogen) atoms. The highest BCUT2D eigenvalue weighted by molar-refractivity contribution is 5.53. The Labute approximate surface area is 108 Å². The van der Waals surface area contributed by atoms with Gasteiger partial charge in [-0.15, -0.1) is 15.0 Å². The summed E-state index contributed by atoms with van der Waals surface area (Å²) < 4.78 is 0. The van der Waals surface area contributed by atoms with Crippen molar-refractivity contribution in [2.75, 3.05) is 0 Å². The molecule has 0 bridgehead atoms. The van der Waals surface area contributed by atoms with Crippen LogP contribution in [0.4, 0.5) is 0 Å². The van der Waals surface area contributed by atoms with E-state index in [0.717, 1.165) is 5.56 Å². The Morgan fingerprint density at radius 2 is 1.95 bits per heavy atom. The number of hydrogen-bond acceptors (Lipinski definition) is 6. The maximum atomic E-state index is 9.02. The molecule has 0 saturated heterocycles. The zero-order chi connectivity index (χ0) is 13.1. The molecular weight excluding hydrogens is 244 g/mol. The summed E-state index contributed by atoms with van der Waals surface area (Å²) in [6, 6.07) is 9.53. The summed E-state index contributed by atoms with van der Waals surface area (Å²) in [5.41, 5.74) is 1.33. The molecule has 0 fully saturated rings. The lowest BCUT2D eigenvalue weighted by Gasteiger charge is -1.98. The summed E-state index contributed by atoms with van der Waals surface area (Å²) in [6.45, 7) is -0.179. The van der Waals surface area contributed by atoms with Crippen LogP contribution in [-0.2, 0) is 6.61 Å². The molecule has 2 aromatic heterocycles. The highest BCUT2D eigenvalue weighted by Gasteiger charge is 2.08. The largest absolute Gasteiger partial charge is 0.390 e. The molecule has 2 heterocycles. The lowest BCUT2D eigenvalue weighted by molar-refractivity contribution is 0.276. The van der Waals surface area contributed by atoms with E-state index in [1.165, 1.54) is 17.2 Å². The average molecular weight is 254 g/mol. The Bertz CT molecular complexity index is 681. The van der Waals surface area contributed by atoms with Crippen LogP contribution in [0, 0.1) is 0 Å². The summed E-state index contributed by atoms with van der Waals surface area (Å²) in [5.74, 6) is 0.929. The van der Waals surface area contributed by atoms with Crippen molar-refractivity contribution in [2.24, 2.45) is 0 Å². The smallest absolute Gasteiger partial charge is 0.205 e. The molecule has 0 spiro atoms. The van der Waals surface area contributed by atoms with Gasteiger partial charge in [0.05, 0.1) is 24.7 Å². The number of rotatable bonds is 3. The van der Waals surface area contributed by atoms with Crippen molar-refractivity contribution < 1.29 is 5.11 Å². The molecule has 3 aromatic rings. The number of benzene rings is 1. The van der Waals surface area contributed by atoms with Crippen LogP contribution in [0.3, 0.4) is 0 Å². The summed E-state index contributed by atoms with van der Waals surface area (Å²) in [7, 11) is 0. The average Bonchev–Trinajstić information content (AvgIpc) is 2.98. The van der Waals surface area contributed by atoms with Crippen LogP contribution >= 0.6 is 0 Å². The Morgan fingerprint density at radius 1 is 1.11 bits per heavy atom. The first kappa shape index (κ1) is 11.4. The zero-order valence-corrected chi connectivity index (χ0v) is 9.88. The molecule has 0 saturated carbocycles. The van der Waals surface area contributed by atoms with Crippen molar-refractivity contribution in [1.82, 2.24) is 30.2 Å². The van der Waals surface area contributed by atoms with Crippen LogP contribution in [0.15, 0.2) is 42.7 Å². The van der Waals surface area contributed by atoms with Gasteiger partial charge in [0, 0.05) is 5.56 Å². The van der Waals surface area contributed by atoms with Gasteiger partial charge in [0.15, 0.2) is 5.82 Å². The van der Waals surface area contributed by atoms with Gasteiger partial charge < -0.3 is 5.11 Å². The first-order valence-electron chi connectivity index (χ1n) is 5.64. The van der Waals surface area contributed by atoms with E-state index in [1.54, 1.807) is 0 Å². The van der Waals surface area contributed by atoms with E-state index in [0.29, 0.717) is 17.3 Å². The standard InChI is InChI=1S/C12H10N6O/c19-8-10-6-13-7-11(14-10)18-16-12(15-17-18)9-4-2-1-3-5-9/h1-7,19H,8H2. The molecule has 0 atom stereocenters. The van der Waals surface area contributed by atoms with Crippen molar-refractivity contribution in [2.45, 2.75) is 6.61 Å². The van der Waals surface area contributed by atoms with E-state index >= 15 is 0 Å². The fraction of sp³-hybridized carbons (Fsp3) is 0.0833. The quantitative estimate of drug-likeness (QED) is 0.736. The minimum absolute atomic E-state index is 0.179. The van der Waals surface area contributed by atoms with E-state index in [4.69, 9.17) is 5.11 Å². The summed E-state index contributed by atoms with van der Waals surface area (Å²) >= 11 is 0. The molecule has 94 valence electrons. The summed E-state index contributed by atoms with van der Waals surface area (Å²) in [5, 5.41) is 21.2. The Balaban J connectivity index is 1.97. The van der Waals surface area contributed by atoms with Gasteiger partial charge in [-0.05, 0) is 5.21 Å². The van der Waals surface area contributed by atoms with Gasteiger partial charge in [-0.2, -0.15) is 0 Å². The Hall–Kier alpha value is -2.67. The number of tetrazole rings is 1. The molecule has 7 nitrogen and oxygen atoms in total. The summed E-state index contributed by atoms with van der Waals surface area (Å²) in [6.07, 6.45) is 2.99. The molecule has 1 aromatic carbocycles. The molecule has 7 heteroatoms. The predicted molar refractivity (Wildman–Crippen MR) is 66.1 cm³/mol. The fourth-order valence-electron chi connectivity index (χ4n) is 1.58. The molecule has 0 radical (unpaired) electrons. The third-order valence-corrected chi connectivity index (χ3v) is 2.48. The second-order valence-corrected chi connectivity index (χ2v) is 3.80. The molecule has 1 N–H and O–H groups in total. The van der Waals surface area contributed by atoms with Gasteiger partial charge in [-0.25, -0.2) is 4.98 Å². The Morgan fingerprint density at radius 3 is 2.74 bits per heavy atom. The van der Waals surface area contributed by atoms with Gasteiger partial charge in [0.25, 0.3) is 0 Å². The van der Waals surface area contributed by atoms with Crippen LogP contribution in [0.2, 0.25) is 0 Å². The van der Waals surface area contributed by atoms with E-state index in [-0.39, 0.29) is 6.61 Å². The fourth-order valence-corrected chi connectivity index (χ4v) is 1.58. The van der Waals surface area contributed by atoms with E-state index in [2.05, 4.69) is 25.4 Å². The Kier molecular flexibility index (Phi) is 2.95. The lowest BCUT2D eigenvalue weighted by Crippen LogP contribution is -2.05. The van der Waals surface area contributed by atoms with Crippen molar-refractivity contribution in [3.05, 3.63) is 48.4 Å². The maximum Gasteiger partial charge on any atom is 0.205 e. The van der Waals surface area contributed by atoms with Crippen molar-refractivity contribution in [1.29, 1.82) is 0 Å². The summed E-state index contributed by atoms with van der Waals surface area (Å²) in [4.78, 5) is 9.40. The second kappa shape index (κ2) is 4.91. The van der Waals surface area contributed by atoms with E-state index in [9.17, 15) is 0 Å². The molecular formula is C12H10N6O. The van der Waals surface area contributed by atoms with Crippen LogP contribution in [0.1, 0.15) is 5.69 Å². The third-order valence-electron chi connectivity index (χ3n) is 2.48. The van der Waals surface area contributed by atoms with E-state index in [1.807, 2.05) is 30.3 Å². The number of aliphatic hydroxyl groups is 1. The van der Waals surface area contributed by atoms with Gasteiger partial charge in [-0.1, -0.05) is 30.3 Å². The highest BCUT2D eigenvalue weighted by atomic mass is 16.3. The predicted octanol–water partition coefficient (Wildman–Crippen LogP) is 0.612. The van der Waals surface area contributed by atoms with Gasteiger partial charge >= 0.3 is 0 Å². The highest BCUT2D eigenvalue weighted by Crippen LogP contribution is 2.12. The third kappa shape index (κ3) is 2.31. The monoisotopic (exact) mass is 254 g/mol. The van der Waals surface area contributed by atoms with Gasteiger partial charge in [-0.3, -0.25) is 4.98 Å². The second-order valence-electron chi connectivity index (χ2n) is 3.80. The lowest BCUT2D eigenvalue weighted by atomic mass is 10.2. The number of aromatic nitrogens is 6. The minimum atomic E-state index is -0.179. The van der Waals surface area contributed by atoms with Crippen molar-refractivity contribution in [3.63, 3.8) is 0 Å². The normalized spacial score (nSPS) is 10.6. The van der Waals surface area contributed by atoms with Gasteiger partial charge in [0.2, 0.25) is 5.82 Å². The zero-order valence-electron chi connectivity index (χ0n) is 9.88. The first-order chi connectivity index (χ1) is 9.36. The molecule has 0 aliphatic rings. The number of nitrogens with zero attached hydrogens (tertiary/aromatic N) is 6. The van der Waals surface area contributed by atoms with Crippen LogP contribution in [0.5, 0.6) is 0 Å². The van der Waals surface area contributed by atoms with Gasteiger partial charge in [0.1, 0.15) is 0 Å². The maximum absolute atomic E-state index is 9.02.